The third-order valence-corrected chi connectivity index (χ3v) is 5.03. The molecule has 1 saturated heterocycles. The van der Waals surface area contributed by atoms with Gasteiger partial charge in [-0.1, -0.05) is 36.4 Å². The first-order valence-electron chi connectivity index (χ1n) is 10.1. The molecule has 0 unspecified atom stereocenters. The molecule has 2 aromatic carbocycles. The van der Waals surface area contributed by atoms with Crippen LogP contribution >= 0.6 is 0 Å². The molecule has 0 amide bonds. The predicted octanol–water partition coefficient (Wildman–Crippen LogP) is 3.73. The Hall–Kier alpha value is -2.44. The summed E-state index contributed by atoms with van der Waals surface area (Å²) in [5.41, 5.74) is 3.39. The van der Waals surface area contributed by atoms with Crippen LogP contribution in [0.25, 0.3) is 0 Å². The van der Waals surface area contributed by atoms with Crippen LogP contribution in [0.5, 0.6) is 0 Å². The van der Waals surface area contributed by atoms with Gasteiger partial charge in [-0.25, -0.2) is 4.39 Å². The molecule has 156 valence electrons. The van der Waals surface area contributed by atoms with Gasteiger partial charge in [0.1, 0.15) is 5.82 Å². The van der Waals surface area contributed by atoms with E-state index in [9.17, 15) is 4.39 Å². The van der Waals surface area contributed by atoms with E-state index in [0.29, 0.717) is 25.8 Å². The zero-order valence-corrected chi connectivity index (χ0v) is 17.2. The first-order chi connectivity index (χ1) is 14.1. The third kappa shape index (κ3) is 6.84. The van der Waals surface area contributed by atoms with E-state index < -0.39 is 0 Å². The van der Waals surface area contributed by atoms with Crippen molar-refractivity contribution in [1.29, 1.82) is 0 Å². The molecule has 3 rings (SSSR count). The molecule has 1 heterocycles. The molecule has 0 aliphatic carbocycles. The molecule has 0 radical (unpaired) electrons. The third-order valence-electron chi connectivity index (χ3n) is 5.03. The Kier molecular flexibility index (Phi) is 8.02. The molecule has 2 aromatic rings. The van der Waals surface area contributed by atoms with Crippen LogP contribution in [0.4, 0.5) is 4.39 Å². The molecule has 1 fully saturated rings. The quantitative estimate of drug-likeness (QED) is 0.569. The van der Waals surface area contributed by atoms with E-state index in [1.54, 1.807) is 19.2 Å². The highest BCUT2D eigenvalue weighted by atomic mass is 19.1. The van der Waals surface area contributed by atoms with Crippen molar-refractivity contribution in [2.75, 3.05) is 27.3 Å². The molecule has 0 spiro atoms. The van der Waals surface area contributed by atoms with Gasteiger partial charge in [0.15, 0.2) is 5.96 Å². The Morgan fingerprint density at radius 2 is 1.69 bits per heavy atom. The minimum Gasteiger partial charge on any atom is -0.381 e. The van der Waals surface area contributed by atoms with Crippen LogP contribution in [0.15, 0.2) is 53.5 Å². The lowest BCUT2D eigenvalue weighted by Gasteiger charge is -2.23. The van der Waals surface area contributed by atoms with Gasteiger partial charge in [-0.15, -0.1) is 0 Å². The molecule has 1 aliphatic heterocycles. The molecule has 0 atom stereocenters. The Morgan fingerprint density at radius 1 is 1.07 bits per heavy atom. The molecule has 0 bridgehead atoms. The van der Waals surface area contributed by atoms with Crippen molar-refractivity contribution in [1.82, 2.24) is 10.2 Å². The molecule has 29 heavy (non-hydrogen) atoms. The number of hydrogen-bond acceptors (Lipinski definition) is 3. The van der Waals surface area contributed by atoms with Gasteiger partial charge < -0.3 is 19.7 Å². The molecule has 6 heteroatoms. The lowest BCUT2D eigenvalue weighted by atomic mass is 10.1. The maximum Gasteiger partial charge on any atom is 0.193 e. The van der Waals surface area contributed by atoms with Gasteiger partial charge in [-0.2, -0.15) is 0 Å². The van der Waals surface area contributed by atoms with Crippen LogP contribution < -0.4 is 5.32 Å². The fraction of sp³-hybridized carbons (Fsp3) is 0.435. The standard InChI is InChI=1S/C23H30FN3O2/c1-25-23(27(2)16-19-7-9-21(24)10-8-19)26-15-18-3-5-20(6-4-18)17-29-22-11-13-28-14-12-22/h3-10,22H,11-17H2,1-2H3,(H,25,26). The normalized spacial score (nSPS) is 15.3. The average Bonchev–Trinajstić information content (AvgIpc) is 2.76. The second kappa shape index (κ2) is 10.9. The number of halogens is 1. The molecule has 1 N–H and O–H groups in total. The Bertz CT molecular complexity index is 772. The summed E-state index contributed by atoms with van der Waals surface area (Å²) in [6.45, 7) is 3.57. The van der Waals surface area contributed by atoms with E-state index in [2.05, 4.69) is 34.6 Å². The van der Waals surface area contributed by atoms with E-state index in [1.165, 1.54) is 23.3 Å². The first-order valence-corrected chi connectivity index (χ1v) is 10.1. The van der Waals surface area contributed by atoms with Crippen LogP contribution in [0.1, 0.15) is 29.5 Å². The van der Waals surface area contributed by atoms with E-state index in [0.717, 1.165) is 37.6 Å². The lowest BCUT2D eigenvalue weighted by Crippen LogP contribution is -2.38. The van der Waals surface area contributed by atoms with Crippen molar-refractivity contribution in [3.8, 4) is 0 Å². The fourth-order valence-corrected chi connectivity index (χ4v) is 3.31. The van der Waals surface area contributed by atoms with Gasteiger partial charge >= 0.3 is 0 Å². The molecular weight excluding hydrogens is 369 g/mol. The van der Waals surface area contributed by atoms with Gasteiger partial charge in [-0.05, 0) is 41.7 Å². The smallest absolute Gasteiger partial charge is 0.193 e. The average molecular weight is 400 g/mol. The summed E-state index contributed by atoms with van der Waals surface area (Å²) < 4.78 is 24.4. The number of nitrogens with zero attached hydrogens (tertiary/aromatic N) is 2. The van der Waals surface area contributed by atoms with Crippen LogP contribution in [0, 0.1) is 5.82 Å². The summed E-state index contributed by atoms with van der Waals surface area (Å²) in [5, 5.41) is 3.38. The van der Waals surface area contributed by atoms with Crippen molar-refractivity contribution < 1.29 is 13.9 Å². The summed E-state index contributed by atoms with van der Waals surface area (Å²) in [6, 6.07) is 15.0. The molecular formula is C23H30FN3O2. The van der Waals surface area contributed by atoms with Crippen molar-refractivity contribution in [3.05, 3.63) is 71.0 Å². The number of rotatable bonds is 7. The Balaban J connectivity index is 1.45. The number of benzene rings is 2. The van der Waals surface area contributed by atoms with Crippen LogP contribution in [0.3, 0.4) is 0 Å². The minimum absolute atomic E-state index is 0.222. The summed E-state index contributed by atoms with van der Waals surface area (Å²) in [6.07, 6.45) is 2.27. The van der Waals surface area contributed by atoms with Gasteiger partial charge in [0, 0.05) is 40.4 Å². The van der Waals surface area contributed by atoms with Crippen LogP contribution in [-0.2, 0) is 29.2 Å². The zero-order chi connectivity index (χ0) is 20.5. The highest BCUT2D eigenvalue weighted by Gasteiger charge is 2.14. The molecule has 0 saturated carbocycles. The number of guanidine groups is 1. The van der Waals surface area contributed by atoms with Crippen molar-refractivity contribution in [2.24, 2.45) is 4.99 Å². The second-order valence-electron chi connectivity index (χ2n) is 7.32. The number of aliphatic imine (C=N–C) groups is 1. The summed E-state index contributed by atoms with van der Waals surface area (Å²) >= 11 is 0. The summed E-state index contributed by atoms with van der Waals surface area (Å²) in [7, 11) is 3.73. The Labute approximate surface area is 172 Å². The topological polar surface area (TPSA) is 46.1 Å². The van der Waals surface area contributed by atoms with Crippen molar-refractivity contribution in [2.45, 2.75) is 38.6 Å². The van der Waals surface area contributed by atoms with E-state index in [-0.39, 0.29) is 5.82 Å². The fourth-order valence-electron chi connectivity index (χ4n) is 3.31. The molecule has 1 aliphatic rings. The van der Waals surface area contributed by atoms with E-state index in [4.69, 9.17) is 9.47 Å². The lowest BCUT2D eigenvalue weighted by molar-refractivity contribution is -0.0390. The SMILES string of the molecule is CN=C(NCc1ccc(COC2CCOCC2)cc1)N(C)Cc1ccc(F)cc1. The highest BCUT2D eigenvalue weighted by molar-refractivity contribution is 5.79. The van der Waals surface area contributed by atoms with Crippen LogP contribution in [-0.4, -0.2) is 44.3 Å². The number of hydrogen-bond donors (Lipinski definition) is 1. The van der Waals surface area contributed by atoms with Gasteiger partial charge in [-0.3, -0.25) is 4.99 Å². The van der Waals surface area contributed by atoms with Gasteiger partial charge in [0.2, 0.25) is 0 Å². The largest absolute Gasteiger partial charge is 0.381 e. The van der Waals surface area contributed by atoms with Gasteiger partial charge in [0.05, 0.1) is 12.7 Å². The zero-order valence-electron chi connectivity index (χ0n) is 17.2. The predicted molar refractivity (Wildman–Crippen MR) is 113 cm³/mol. The summed E-state index contributed by atoms with van der Waals surface area (Å²) in [4.78, 5) is 6.36. The van der Waals surface area contributed by atoms with Crippen molar-refractivity contribution >= 4 is 5.96 Å². The monoisotopic (exact) mass is 399 g/mol. The molecule has 5 nitrogen and oxygen atoms in total. The molecule has 0 aromatic heterocycles. The summed E-state index contributed by atoms with van der Waals surface area (Å²) in [5.74, 6) is 0.571. The van der Waals surface area contributed by atoms with E-state index >= 15 is 0 Å². The van der Waals surface area contributed by atoms with Crippen molar-refractivity contribution in [3.63, 3.8) is 0 Å². The maximum absolute atomic E-state index is 13.1. The second-order valence-corrected chi connectivity index (χ2v) is 7.32. The van der Waals surface area contributed by atoms with Crippen LogP contribution in [0.2, 0.25) is 0 Å². The first kappa shape index (κ1) is 21.3. The van der Waals surface area contributed by atoms with E-state index in [1.807, 2.05) is 11.9 Å². The van der Waals surface area contributed by atoms with Gasteiger partial charge in [0.25, 0.3) is 0 Å². The minimum atomic E-state index is -0.222. The maximum atomic E-state index is 13.1. The highest BCUT2D eigenvalue weighted by Crippen LogP contribution is 2.14. The number of nitrogens with one attached hydrogen (secondary N) is 1. The number of ether oxygens (including phenoxy) is 2. The Morgan fingerprint density at radius 3 is 2.34 bits per heavy atom.